The topological polar surface area (TPSA) is 67.9 Å². The van der Waals surface area contributed by atoms with E-state index in [9.17, 15) is 8.42 Å². The van der Waals surface area contributed by atoms with E-state index in [0.29, 0.717) is 18.0 Å². The Morgan fingerprint density at radius 2 is 1.70 bits per heavy atom. The molecule has 1 rings (SSSR count). The number of nitrogens with zero attached hydrogens (tertiary/aromatic N) is 1. The van der Waals surface area contributed by atoms with E-state index in [2.05, 4.69) is 23.5 Å². The van der Waals surface area contributed by atoms with Gasteiger partial charge in [0.25, 0.3) is 0 Å². The van der Waals surface area contributed by atoms with Crippen LogP contribution in [0.3, 0.4) is 0 Å². The van der Waals surface area contributed by atoms with Gasteiger partial charge in [-0.05, 0) is 38.2 Å². The summed E-state index contributed by atoms with van der Waals surface area (Å²) < 4.78 is 37.4. The lowest BCUT2D eigenvalue weighted by atomic mass is 10.3. The van der Waals surface area contributed by atoms with Crippen LogP contribution in [0.5, 0.6) is 11.5 Å². The summed E-state index contributed by atoms with van der Waals surface area (Å²) in [7, 11) is -0.544. The minimum atomic E-state index is -3.53. The molecule has 6 nitrogen and oxygen atoms in total. The molecule has 0 saturated heterocycles. The second-order valence-electron chi connectivity index (χ2n) is 4.80. The van der Waals surface area contributed by atoms with Crippen LogP contribution < -0.4 is 14.2 Å². The molecule has 0 aliphatic heterocycles. The summed E-state index contributed by atoms with van der Waals surface area (Å²) >= 11 is 0. The van der Waals surface area contributed by atoms with Gasteiger partial charge in [-0.1, -0.05) is 13.8 Å². The molecule has 0 radical (unpaired) electrons. The predicted octanol–water partition coefficient (Wildman–Crippen LogP) is 2.14. The van der Waals surface area contributed by atoms with Gasteiger partial charge in [-0.2, -0.15) is 0 Å². The van der Waals surface area contributed by atoms with E-state index in [4.69, 9.17) is 9.47 Å². The lowest BCUT2D eigenvalue weighted by Crippen LogP contribution is -2.30. The summed E-state index contributed by atoms with van der Waals surface area (Å²) in [6.07, 6.45) is 0.772. The Morgan fingerprint density at radius 3 is 2.22 bits per heavy atom. The molecule has 0 saturated carbocycles. The zero-order valence-electron chi connectivity index (χ0n) is 14.2. The molecule has 1 N–H and O–H groups in total. The quantitative estimate of drug-likeness (QED) is 0.642. The summed E-state index contributed by atoms with van der Waals surface area (Å²) in [5.41, 5.74) is 0. The first-order chi connectivity index (χ1) is 10.5. The smallest absolute Gasteiger partial charge is 0.240 e. The minimum Gasteiger partial charge on any atom is -0.493 e. The minimum absolute atomic E-state index is 0. The lowest BCUT2D eigenvalue weighted by Gasteiger charge is -2.17. The number of halogens is 1. The zero-order valence-corrected chi connectivity index (χ0v) is 15.8. The van der Waals surface area contributed by atoms with Gasteiger partial charge in [-0.3, -0.25) is 0 Å². The molecular formula is C15H27ClN2O4S. The highest BCUT2D eigenvalue weighted by molar-refractivity contribution is 7.89. The van der Waals surface area contributed by atoms with Gasteiger partial charge in [0.05, 0.1) is 19.1 Å². The third kappa shape index (κ3) is 6.55. The molecule has 0 aliphatic rings. The number of ether oxygens (including phenoxy) is 2. The summed E-state index contributed by atoms with van der Waals surface area (Å²) in [6.45, 7) is 7.42. The second-order valence-corrected chi connectivity index (χ2v) is 6.56. The van der Waals surface area contributed by atoms with Crippen molar-refractivity contribution in [1.29, 1.82) is 0 Å². The molecule has 0 aromatic heterocycles. The first-order valence-electron chi connectivity index (χ1n) is 7.42. The average Bonchev–Trinajstić information content (AvgIpc) is 2.54. The Bertz CT molecular complexity index is 563. The van der Waals surface area contributed by atoms with Gasteiger partial charge < -0.3 is 14.4 Å². The molecule has 0 atom stereocenters. The van der Waals surface area contributed by atoms with Gasteiger partial charge in [-0.15, -0.1) is 12.4 Å². The van der Waals surface area contributed by atoms with Crippen molar-refractivity contribution in [3.63, 3.8) is 0 Å². The fourth-order valence-corrected chi connectivity index (χ4v) is 3.21. The summed E-state index contributed by atoms with van der Waals surface area (Å²) in [4.78, 5) is 2.43. The van der Waals surface area contributed by atoms with E-state index < -0.39 is 10.0 Å². The van der Waals surface area contributed by atoms with Crippen molar-refractivity contribution in [1.82, 2.24) is 9.62 Å². The zero-order chi connectivity index (χ0) is 16.6. The molecule has 0 spiro atoms. The van der Waals surface area contributed by atoms with Crippen LogP contribution in [-0.2, 0) is 10.0 Å². The fourth-order valence-electron chi connectivity index (χ4n) is 2.12. The first-order valence-corrected chi connectivity index (χ1v) is 8.90. The Morgan fingerprint density at radius 1 is 1.09 bits per heavy atom. The van der Waals surface area contributed by atoms with Crippen LogP contribution >= 0.6 is 12.4 Å². The maximum atomic E-state index is 12.3. The predicted molar refractivity (Wildman–Crippen MR) is 94.4 cm³/mol. The maximum Gasteiger partial charge on any atom is 0.240 e. The molecular weight excluding hydrogens is 340 g/mol. The number of rotatable bonds is 10. The standard InChI is InChI=1S/C15H26N2O4S.ClH/c1-5-17(6-2)11-7-10-16-22(18,19)13-8-9-14(20-3)15(12-13)21-4;/h8-9,12,16H,5-7,10-11H2,1-4H3;1H. The molecule has 23 heavy (non-hydrogen) atoms. The average molecular weight is 367 g/mol. The van der Waals surface area contributed by atoms with Crippen LogP contribution in [-0.4, -0.2) is 53.7 Å². The highest BCUT2D eigenvalue weighted by Gasteiger charge is 2.16. The molecule has 0 unspecified atom stereocenters. The van der Waals surface area contributed by atoms with Gasteiger partial charge in [0.2, 0.25) is 10.0 Å². The SMILES string of the molecule is CCN(CC)CCCNS(=O)(=O)c1ccc(OC)c(OC)c1.Cl. The number of nitrogens with one attached hydrogen (secondary N) is 1. The van der Waals surface area contributed by atoms with Crippen molar-refractivity contribution in [2.24, 2.45) is 0 Å². The van der Waals surface area contributed by atoms with Gasteiger partial charge in [0, 0.05) is 12.6 Å². The second kappa shape index (κ2) is 10.7. The van der Waals surface area contributed by atoms with Gasteiger partial charge in [0.15, 0.2) is 11.5 Å². The molecule has 0 fully saturated rings. The Hall–Kier alpha value is -1.02. The molecule has 0 bridgehead atoms. The van der Waals surface area contributed by atoms with Crippen molar-refractivity contribution >= 4 is 22.4 Å². The van der Waals surface area contributed by atoms with Gasteiger partial charge >= 0.3 is 0 Å². The van der Waals surface area contributed by atoms with E-state index in [0.717, 1.165) is 26.1 Å². The number of methoxy groups -OCH3 is 2. The van der Waals surface area contributed by atoms with Crippen molar-refractivity contribution < 1.29 is 17.9 Å². The van der Waals surface area contributed by atoms with E-state index in [1.54, 1.807) is 6.07 Å². The first kappa shape index (κ1) is 22.0. The van der Waals surface area contributed by atoms with Crippen LogP contribution in [0.4, 0.5) is 0 Å². The largest absolute Gasteiger partial charge is 0.493 e. The van der Waals surface area contributed by atoms with Gasteiger partial charge in [-0.25, -0.2) is 13.1 Å². The highest BCUT2D eigenvalue weighted by Crippen LogP contribution is 2.29. The third-order valence-electron chi connectivity index (χ3n) is 3.50. The van der Waals surface area contributed by atoms with E-state index in [-0.39, 0.29) is 17.3 Å². The molecule has 134 valence electrons. The number of benzene rings is 1. The molecule has 0 heterocycles. The van der Waals surface area contributed by atoms with Crippen LogP contribution in [0.15, 0.2) is 23.1 Å². The summed E-state index contributed by atoms with van der Waals surface area (Å²) in [5, 5.41) is 0. The monoisotopic (exact) mass is 366 g/mol. The molecule has 0 aliphatic carbocycles. The van der Waals surface area contributed by atoms with Crippen LogP contribution in [0.1, 0.15) is 20.3 Å². The molecule has 1 aromatic rings. The van der Waals surface area contributed by atoms with E-state index >= 15 is 0 Å². The number of sulfonamides is 1. The molecule has 0 amide bonds. The Labute approximate surface area is 145 Å². The molecule has 8 heteroatoms. The van der Waals surface area contributed by atoms with Crippen molar-refractivity contribution in [3.8, 4) is 11.5 Å². The van der Waals surface area contributed by atoms with Crippen molar-refractivity contribution in [2.75, 3.05) is 40.4 Å². The van der Waals surface area contributed by atoms with Crippen molar-refractivity contribution in [2.45, 2.75) is 25.2 Å². The van der Waals surface area contributed by atoms with Crippen molar-refractivity contribution in [3.05, 3.63) is 18.2 Å². The van der Waals surface area contributed by atoms with Gasteiger partial charge in [0.1, 0.15) is 0 Å². The Kier molecular flexibility index (Phi) is 10.2. The maximum absolute atomic E-state index is 12.3. The molecule has 1 aromatic carbocycles. The third-order valence-corrected chi connectivity index (χ3v) is 4.96. The normalized spacial score (nSPS) is 11.2. The summed E-state index contributed by atoms with van der Waals surface area (Å²) in [5.74, 6) is 0.900. The number of hydrogen-bond acceptors (Lipinski definition) is 5. The van der Waals surface area contributed by atoms with Crippen LogP contribution in [0, 0.1) is 0 Å². The van der Waals surface area contributed by atoms with Crippen LogP contribution in [0.25, 0.3) is 0 Å². The fraction of sp³-hybridized carbons (Fsp3) is 0.600. The van der Waals surface area contributed by atoms with Crippen LogP contribution in [0.2, 0.25) is 0 Å². The van der Waals surface area contributed by atoms with E-state index in [1.807, 2.05) is 0 Å². The van der Waals surface area contributed by atoms with E-state index in [1.165, 1.54) is 26.4 Å². The lowest BCUT2D eigenvalue weighted by molar-refractivity contribution is 0.300. The highest BCUT2D eigenvalue weighted by atomic mass is 35.5. The Balaban J connectivity index is 0.00000484. The summed E-state index contributed by atoms with van der Waals surface area (Å²) in [6, 6.07) is 4.56. The number of hydrogen-bond donors (Lipinski definition) is 1.